The smallest absolute Gasteiger partial charge is 0.0243 e. The van der Waals surface area contributed by atoms with Gasteiger partial charge in [0.15, 0.2) is 0 Å². The predicted octanol–water partition coefficient (Wildman–Crippen LogP) is 1.75. The van der Waals surface area contributed by atoms with Crippen molar-refractivity contribution in [1.29, 1.82) is 0 Å². The van der Waals surface area contributed by atoms with E-state index in [0.29, 0.717) is 11.5 Å². The standard InChI is InChI=1S/C15H31N3S/c1-15(2,3)14-13-18(6-4-5-16-14)8-7-17-9-11-19-12-10-17/h14,16H,4-13H2,1-3H3. The van der Waals surface area contributed by atoms with Crippen LogP contribution in [-0.2, 0) is 0 Å². The molecule has 2 saturated heterocycles. The molecule has 2 rings (SSSR count). The minimum Gasteiger partial charge on any atom is -0.312 e. The van der Waals surface area contributed by atoms with Crippen LogP contribution in [-0.4, -0.2) is 73.2 Å². The summed E-state index contributed by atoms with van der Waals surface area (Å²) in [6.07, 6.45) is 1.29. The molecule has 0 aromatic heterocycles. The molecule has 0 amide bonds. The van der Waals surface area contributed by atoms with Gasteiger partial charge in [-0.15, -0.1) is 0 Å². The van der Waals surface area contributed by atoms with Crippen molar-refractivity contribution in [1.82, 2.24) is 15.1 Å². The van der Waals surface area contributed by atoms with Crippen LogP contribution in [0, 0.1) is 5.41 Å². The summed E-state index contributed by atoms with van der Waals surface area (Å²) in [5, 5.41) is 3.73. The van der Waals surface area contributed by atoms with Gasteiger partial charge in [-0.25, -0.2) is 0 Å². The Morgan fingerprint density at radius 1 is 1.05 bits per heavy atom. The molecule has 19 heavy (non-hydrogen) atoms. The van der Waals surface area contributed by atoms with Crippen LogP contribution in [0.5, 0.6) is 0 Å². The zero-order chi connectivity index (χ0) is 13.7. The molecule has 0 aromatic carbocycles. The van der Waals surface area contributed by atoms with Crippen molar-refractivity contribution in [2.24, 2.45) is 5.41 Å². The van der Waals surface area contributed by atoms with E-state index in [9.17, 15) is 0 Å². The Bertz CT molecular complexity index is 259. The summed E-state index contributed by atoms with van der Waals surface area (Å²) in [4.78, 5) is 5.32. The van der Waals surface area contributed by atoms with E-state index in [2.05, 4.69) is 47.6 Å². The predicted molar refractivity (Wildman–Crippen MR) is 86.1 cm³/mol. The second-order valence-corrected chi connectivity index (χ2v) is 8.21. The van der Waals surface area contributed by atoms with Crippen molar-refractivity contribution < 1.29 is 0 Å². The minimum absolute atomic E-state index is 0.365. The number of hydrogen-bond acceptors (Lipinski definition) is 4. The minimum atomic E-state index is 0.365. The SMILES string of the molecule is CC(C)(C)C1CN(CCN2CCSCC2)CCCN1. The fourth-order valence-corrected chi connectivity index (χ4v) is 3.86. The van der Waals surface area contributed by atoms with E-state index in [0.717, 1.165) is 0 Å². The molecule has 1 atom stereocenters. The highest BCUT2D eigenvalue weighted by Gasteiger charge is 2.28. The van der Waals surface area contributed by atoms with Crippen LogP contribution in [0.1, 0.15) is 27.2 Å². The van der Waals surface area contributed by atoms with Gasteiger partial charge in [0.2, 0.25) is 0 Å². The first-order chi connectivity index (χ1) is 9.05. The quantitative estimate of drug-likeness (QED) is 0.851. The summed E-state index contributed by atoms with van der Waals surface area (Å²) >= 11 is 2.10. The molecule has 1 unspecified atom stereocenters. The van der Waals surface area contributed by atoms with E-state index in [4.69, 9.17) is 0 Å². The molecular formula is C15H31N3S. The largest absolute Gasteiger partial charge is 0.312 e. The van der Waals surface area contributed by atoms with Gasteiger partial charge in [-0.3, -0.25) is 0 Å². The Hall–Kier alpha value is 0.230. The Morgan fingerprint density at radius 3 is 2.42 bits per heavy atom. The zero-order valence-electron chi connectivity index (χ0n) is 13.0. The third kappa shape index (κ3) is 5.25. The van der Waals surface area contributed by atoms with Crippen LogP contribution < -0.4 is 5.32 Å². The van der Waals surface area contributed by atoms with Crippen LogP contribution in [0.2, 0.25) is 0 Å². The number of thioether (sulfide) groups is 1. The van der Waals surface area contributed by atoms with Gasteiger partial charge in [0.25, 0.3) is 0 Å². The average molecular weight is 286 g/mol. The molecule has 0 aliphatic carbocycles. The van der Waals surface area contributed by atoms with Gasteiger partial charge in [0, 0.05) is 50.3 Å². The Morgan fingerprint density at radius 2 is 1.74 bits per heavy atom. The molecule has 2 aliphatic rings. The fraction of sp³-hybridized carbons (Fsp3) is 1.00. The van der Waals surface area contributed by atoms with E-state index in [1.54, 1.807) is 0 Å². The summed E-state index contributed by atoms with van der Waals surface area (Å²) in [5.41, 5.74) is 0.365. The zero-order valence-corrected chi connectivity index (χ0v) is 13.8. The molecule has 0 bridgehead atoms. The van der Waals surface area contributed by atoms with Gasteiger partial charge in [0.1, 0.15) is 0 Å². The molecule has 2 fully saturated rings. The molecule has 0 radical (unpaired) electrons. The van der Waals surface area contributed by atoms with Gasteiger partial charge in [-0.05, 0) is 24.9 Å². The first kappa shape index (κ1) is 15.6. The molecule has 2 heterocycles. The fourth-order valence-electron chi connectivity index (χ4n) is 2.88. The van der Waals surface area contributed by atoms with Crippen molar-refractivity contribution in [2.45, 2.75) is 33.2 Å². The van der Waals surface area contributed by atoms with Crippen LogP contribution in [0.25, 0.3) is 0 Å². The first-order valence-electron chi connectivity index (χ1n) is 7.81. The normalized spacial score (nSPS) is 28.3. The molecule has 0 aromatic rings. The lowest BCUT2D eigenvalue weighted by Crippen LogP contribution is -2.48. The van der Waals surface area contributed by atoms with E-state index in [1.807, 2.05) is 0 Å². The highest BCUT2D eigenvalue weighted by atomic mass is 32.2. The van der Waals surface area contributed by atoms with Crippen molar-refractivity contribution in [3.05, 3.63) is 0 Å². The molecule has 2 aliphatic heterocycles. The average Bonchev–Trinajstić information content (AvgIpc) is 2.62. The van der Waals surface area contributed by atoms with Gasteiger partial charge in [0.05, 0.1) is 0 Å². The molecular weight excluding hydrogens is 254 g/mol. The monoisotopic (exact) mass is 285 g/mol. The van der Waals surface area contributed by atoms with E-state index < -0.39 is 0 Å². The third-order valence-corrected chi connectivity index (χ3v) is 5.31. The number of hydrogen-bond donors (Lipinski definition) is 1. The van der Waals surface area contributed by atoms with Gasteiger partial charge >= 0.3 is 0 Å². The van der Waals surface area contributed by atoms with Crippen LogP contribution in [0.4, 0.5) is 0 Å². The molecule has 3 nitrogen and oxygen atoms in total. The summed E-state index contributed by atoms with van der Waals surface area (Å²) < 4.78 is 0. The lowest BCUT2D eigenvalue weighted by atomic mass is 9.86. The van der Waals surface area contributed by atoms with Crippen LogP contribution >= 0.6 is 11.8 Å². The van der Waals surface area contributed by atoms with Crippen molar-refractivity contribution in [3.8, 4) is 0 Å². The molecule has 0 saturated carbocycles. The van der Waals surface area contributed by atoms with Crippen LogP contribution in [0.15, 0.2) is 0 Å². The van der Waals surface area contributed by atoms with E-state index in [-0.39, 0.29) is 0 Å². The highest BCUT2D eigenvalue weighted by molar-refractivity contribution is 7.99. The summed E-state index contributed by atoms with van der Waals surface area (Å²) in [5.74, 6) is 2.65. The second-order valence-electron chi connectivity index (χ2n) is 6.98. The lowest BCUT2D eigenvalue weighted by molar-refractivity contribution is 0.175. The Labute approximate surface area is 123 Å². The van der Waals surface area contributed by atoms with Gasteiger partial charge in [-0.1, -0.05) is 20.8 Å². The Kier molecular flexibility index (Phi) is 6.00. The second kappa shape index (κ2) is 7.30. The number of nitrogens with zero attached hydrogens (tertiary/aromatic N) is 2. The van der Waals surface area contributed by atoms with Gasteiger partial charge < -0.3 is 15.1 Å². The molecule has 0 spiro atoms. The van der Waals surface area contributed by atoms with Crippen molar-refractivity contribution in [2.75, 3.05) is 57.3 Å². The van der Waals surface area contributed by atoms with Crippen molar-refractivity contribution >= 4 is 11.8 Å². The maximum Gasteiger partial charge on any atom is 0.0243 e. The molecule has 1 N–H and O–H groups in total. The van der Waals surface area contributed by atoms with Crippen LogP contribution in [0.3, 0.4) is 0 Å². The summed E-state index contributed by atoms with van der Waals surface area (Å²) in [7, 11) is 0. The van der Waals surface area contributed by atoms with E-state index >= 15 is 0 Å². The summed E-state index contributed by atoms with van der Waals surface area (Å²) in [6.45, 7) is 15.8. The van der Waals surface area contributed by atoms with E-state index in [1.165, 1.54) is 63.7 Å². The molecule has 112 valence electrons. The van der Waals surface area contributed by atoms with Crippen molar-refractivity contribution in [3.63, 3.8) is 0 Å². The lowest BCUT2D eigenvalue weighted by Gasteiger charge is -2.35. The van der Waals surface area contributed by atoms with Gasteiger partial charge in [-0.2, -0.15) is 11.8 Å². The topological polar surface area (TPSA) is 18.5 Å². The number of rotatable bonds is 3. The Balaban J connectivity index is 1.78. The first-order valence-corrected chi connectivity index (χ1v) is 8.97. The maximum absolute atomic E-state index is 3.73. The summed E-state index contributed by atoms with van der Waals surface area (Å²) in [6, 6.07) is 0.631. The third-order valence-electron chi connectivity index (χ3n) is 4.36. The molecule has 4 heteroatoms. The maximum atomic E-state index is 3.73. The number of nitrogens with one attached hydrogen (secondary N) is 1. The highest BCUT2D eigenvalue weighted by Crippen LogP contribution is 2.21.